The Bertz CT molecular complexity index is 961. The molecule has 1 amide bonds. The number of nitrogens with one attached hydrogen (secondary N) is 4. The van der Waals surface area contributed by atoms with Gasteiger partial charge >= 0.3 is 0 Å². The quantitative estimate of drug-likeness (QED) is 0.549. The molecule has 2 saturated heterocycles. The van der Waals surface area contributed by atoms with Gasteiger partial charge in [0.25, 0.3) is 5.91 Å². The average Bonchev–Trinajstić information content (AvgIpc) is 3.53. The summed E-state index contributed by atoms with van der Waals surface area (Å²) in [6.45, 7) is 3.90. The highest BCUT2D eigenvalue weighted by atomic mass is 16.5. The molecular weight excluding hydrogens is 406 g/mol. The van der Waals surface area contributed by atoms with E-state index in [-0.39, 0.29) is 17.5 Å². The van der Waals surface area contributed by atoms with Crippen molar-refractivity contribution in [2.75, 3.05) is 38.2 Å². The highest BCUT2D eigenvalue weighted by molar-refractivity contribution is 5.95. The summed E-state index contributed by atoms with van der Waals surface area (Å²) < 4.78 is 5.37. The van der Waals surface area contributed by atoms with Crippen LogP contribution in [-0.2, 0) is 10.3 Å². The van der Waals surface area contributed by atoms with E-state index in [1.165, 1.54) is 0 Å². The lowest BCUT2D eigenvalue weighted by molar-refractivity contribution is 0.0930. The zero-order valence-electron chi connectivity index (χ0n) is 18.3. The molecule has 2 fully saturated rings. The predicted octanol–water partition coefficient (Wildman–Crippen LogP) is 1.96. The lowest BCUT2D eigenvalue weighted by atomic mass is 9.87. The van der Waals surface area contributed by atoms with Crippen molar-refractivity contribution in [3.05, 3.63) is 41.5 Å². The topological polar surface area (TPSA) is 116 Å². The maximum atomic E-state index is 12.7. The minimum absolute atomic E-state index is 0.0670. The number of H-pyrrole nitrogens is 1. The third-order valence-electron chi connectivity index (χ3n) is 6.67. The number of piperidine rings is 1. The van der Waals surface area contributed by atoms with Gasteiger partial charge in [-0.25, -0.2) is 4.98 Å². The van der Waals surface area contributed by atoms with E-state index in [9.17, 15) is 4.79 Å². The van der Waals surface area contributed by atoms with Crippen LogP contribution in [0.2, 0.25) is 0 Å². The van der Waals surface area contributed by atoms with Crippen molar-refractivity contribution in [1.29, 1.82) is 0 Å². The van der Waals surface area contributed by atoms with Gasteiger partial charge < -0.3 is 20.7 Å². The van der Waals surface area contributed by atoms with E-state index in [1.54, 1.807) is 0 Å². The van der Waals surface area contributed by atoms with Gasteiger partial charge in [-0.15, -0.1) is 0 Å². The maximum absolute atomic E-state index is 12.7. The Morgan fingerprint density at radius 2 is 2.12 bits per heavy atom. The average molecular weight is 438 g/mol. The van der Waals surface area contributed by atoms with Crippen LogP contribution in [0.3, 0.4) is 0 Å². The van der Waals surface area contributed by atoms with Crippen molar-refractivity contribution in [3.63, 3.8) is 0 Å². The zero-order valence-corrected chi connectivity index (χ0v) is 18.3. The number of nitrogens with zero attached hydrogens (tertiary/aromatic N) is 3. The fourth-order valence-electron chi connectivity index (χ4n) is 4.75. The summed E-state index contributed by atoms with van der Waals surface area (Å²) in [7, 11) is 0. The molecular formula is C23H31N7O2. The van der Waals surface area contributed by atoms with E-state index in [1.807, 2.05) is 30.5 Å². The molecule has 3 aliphatic heterocycles. The van der Waals surface area contributed by atoms with Gasteiger partial charge in [-0.2, -0.15) is 5.10 Å². The second-order valence-electron chi connectivity index (χ2n) is 8.93. The molecule has 9 heteroatoms. The van der Waals surface area contributed by atoms with Crippen molar-refractivity contribution in [2.45, 2.75) is 49.6 Å². The monoisotopic (exact) mass is 437 g/mol. The largest absolute Gasteiger partial charge is 0.379 e. The summed E-state index contributed by atoms with van der Waals surface area (Å²) in [5, 5.41) is 18.0. The molecule has 170 valence electrons. The molecule has 4 N–H and O–H groups in total. The van der Waals surface area contributed by atoms with E-state index in [2.05, 4.69) is 31.1 Å². The molecule has 1 unspecified atom stereocenters. The summed E-state index contributed by atoms with van der Waals surface area (Å²) >= 11 is 0. The highest BCUT2D eigenvalue weighted by Crippen LogP contribution is 2.34. The fraction of sp³-hybridized carbons (Fsp3) is 0.565. The molecule has 0 radical (unpaired) electrons. The smallest absolute Gasteiger partial charge is 0.251 e. The molecule has 2 aromatic rings. The van der Waals surface area contributed by atoms with Gasteiger partial charge in [0.2, 0.25) is 0 Å². The van der Waals surface area contributed by atoms with E-state index >= 15 is 0 Å². The Kier molecular flexibility index (Phi) is 6.18. The third kappa shape index (κ3) is 4.54. The Balaban J connectivity index is 1.35. The lowest BCUT2D eigenvalue weighted by Gasteiger charge is -2.37. The Morgan fingerprint density at radius 3 is 2.91 bits per heavy atom. The first-order valence-corrected chi connectivity index (χ1v) is 11.6. The molecule has 5 rings (SSSR count). The van der Waals surface area contributed by atoms with E-state index in [0.29, 0.717) is 24.7 Å². The molecule has 9 nitrogen and oxygen atoms in total. The standard InChI is InChI=1S/C23H31N7O2/c31-21(26-19-6-13-32-15-19)17-2-1-3-18(14-17)28-23(7-11-25-12-8-23)22-27-20(29-30-22)16-4-9-24-10-5-16/h1-3,9,14,16,19,25,28H,4-8,10-13,15H2,(H,26,31)(H,27,29,30)/t16?,19-/m0/s1. The molecule has 0 aliphatic carbocycles. The highest BCUT2D eigenvalue weighted by Gasteiger charge is 2.38. The van der Waals surface area contributed by atoms with E-state index in [4.69, 9.17) is 9.72 Å². The first kappa shape index (κ1) is 21.1. The molecule has 1 aromatic carbocycles. The molecule has 32 heavy (non-hydrogen) atoms. The minimum Gasteiger partial charge on any atom is -0.379 e. The number of hydrogen-bond acceptors (Lipinski definition) is 7. The number of aromatic amines is 1. The summed E-state index contributed by atoms with van der Waals surface area (Å²) in [5.41, 5.74) is 1.17. The van der Waals surface area contributed by atoms with Crippen molar-refractivity contribution in [2.24, 2.45) is 4.99 Å². The summed E-state index contributed by atoms with van der Waals surface area (Å²) in [6.07, 6.45) is 6.48. The summed E-state index contributed by atoms with van der Waals surface area (Å²) in [4.78, 5) is 22.0. The van der Waals surface area contributed by atoms with Crippen molar-refractivity contribution in [1.82, 2.24) is 25.8 Å². The second-order valence-corrected chi connectivity index (χ2v) is 8.93. The van der Waals surface area contributed by atoms with Crippen LogP contribution in [0.15, 0.2) is 29.3 Å². The van der Waals surface area contributed by atoms with Crippen LogP contribution in [0.25, 0.3) is 0 Å². The zero-order chi connectivity index (χ0) is 21.8. The Hall–Kier alpha value is -2.78. The van der Waals surface area contributed by atoms with Crippen molar-refractivity contribution < 1.29 is 9.53 Å². The first-order chi connectivity index (χ1) is 15.7. The molecule has 0 saturated carbocycles. The summed E-state index contributed by atoms with van der Waals surface area (Å²) in [6, 6.07) is 7.78. The van der Waals surface area contributed by atoms with E-state index in [0.717, 1.165) is 69.1 Å². The Labute approximate surface area is 187 Å². The van der Waals surface area contributed by atoms with Gasteiger partial charge in [-0.1, -0.05) is 6.07 Å². The number of carbonyl (C=O) groups is 1. The predicted molar refractivity (Wildman–Crippen MR) is 122 cm³/mol. The number of aliphatic imine (C=N–C) groups is 1. The lowest BCUT2D eigenvalue weighted by Crippen LogP contribution is -2.46. The number of aromatic nitrogens is 3. The van der Waals surface area contributed by atoms with Gasteiger partial charge in [0.15, 0.2) is 5.82 Å². The van der Waals surface area contributed by atoms with Crippen LogP contribution in [-0.4, -0.2) is 66.2 Å². The van der Waals surface area contributed by atoms with Gasteiger partial charge in [0.05, 0.1) is 12.6 Å². The normalized spacial score (nSPS) is 24.9. The van der Waals surface area contributed by atoms with Crippen molar-refractivity contribution in [3.8, 4) is 0 Å². The number of amides is 1. The van der Waals surface area contributed by atoms with Crippen LogP contribution < -0.4 is 16.0 Å². The summed E-state index contributed by atoms with van der Waals surface area (Å²) in [5.74, 6) is 2.02. The first-order valence-electron chi connectivity index (χ1n) is 11.6. The maximum Gasteiger partial charge on any atom is 0.251 e. The number of ether oxygens (including phenoxy) is 1. The third-order valence-corrected chi connectivity index (χ3v) is 6.67. The molecule has 4 heterocycles. The van der Waals surface area contributed by atoms with Gasteiger partial charge in [-0.05, 0) is 69.6 Å². The number of carbonyl (C=O) groups excluding carboxylic acids is 1. The molecule has 2 atom stereocenters. The SMILES string of the molecule is O=C(N[C@H]1CCOC1)c1cccc(NC2(c3n[nH]c(C4CC=NCC4)n3)CCNCC2)c1. The number of anilines is 1. The van der Waals surface area contributed by atoms with Crippen molar-refractivity contribution >= 4 is 17.8 Å². The van der Waals surface area contributed by atoms with Crippen LogP contribution in [0.5, 0.6) is 0 Å². The Morgan fingerprint density at radius 1 is 1.22 bits per heavy atom. The molecule has 3 aliphatic rings. The van der Waals surface area contributed by atoms with Crippen LogP contribution in [0.1, 0.15) is 60.0 Å². The van der Waals surface area contributed by atoms with Crippen LogP contribution in [0.4, 0.5) is 5.69 Å². The fourth-order valence-corrected chi connectivity index (χ4v) is 4.75. The van der Waals surface area contributed by atoms with Gasteiger partial charge in [-0.3, -0.25) is 14.9 Å². The van der Waals surface area contributed by atoms with Gasteiger partial charge in [0.1, 0.15) is 11.4 Å². The molecule has 0 bridgehead atoms. The van der Waals surface area contributed by atoms with Gasteiger partial charge in [0, 0.05) is 30.3 Å². The number of hydrogen-bond donors (Lipinski definition) is 4. The van der Waals surface area contributed by atoms with E-state index < -0.39 is 0 Å². The van der Waals surface area contributed by atoms with Crippen LogP contribution >= 0.6 is 0 Å². The van der Waals surface area contributed by atoms with Crippen LogP contribution in [0, 0.1) is 0 Å². The molecule has 1 aromatic heterocycles. The second kappa shape index (κ2) is 9.38. The number of benzene rings is 1. The molecule has 0 spiro atoms. The minimum atomic E-state index is -0.378. The number of rotatable bonds is 6.